The summed E-state index contributed by atoms with van der Waals surface area (Å²) in [5.74, 6) is 1.70. The summed E-state index contributed by atoms with van der Waals surface area (Å²) in [4.78, 5) is 22.8. The van der Waals surface area contributed by atoms with Crippen molar-refractivity contribution < 1.29 is 9.53 Å². The molecule has 0 bridgehead atoms. The van der Waals surface area contributed by atoms with Crippen LogP contribution in [-0.4, -0.2) is 50.5 Å². The molecule has 5 nitrogen and oxygen atoms in total. The molecule has 0 radical (unpaired) electrons. The predicted molar refractivity (Wildman–Crippen MR) is 93.3 cm³/mol. The first-order valence-corrected chi connectivity index (χ1v) is 9.06. The van der Waals surface area contributed by atoms with E-state index in [1.54, 1.807) is 12.4 Å². The summed E-state index contributed by atoms with van der Waals surface area (Å²) < 4.78 is 6.10. The zero-order valence-electron chi connectivity index (χ0n) is 13.5. The van der Waals surface area contributed by atoms with Crippen LogP contribution in [0.1, 0.15) is 22.5 Å². The summed E-state index contributed by atoms with van der Waals surface area (Å²) in [5, 5.41) is 0. The van der Waals surface area contributed by atoms with E-state index in [0.717, 1.165) is 31.0 Å². The van der Waals surface area contributed by atoms with Crippen LogP contribution in [0, 0.1) is 6.92 Å². The summed E-state index contributed by atoms with van der Waals surface area (Å²) >= 11 is 1.92. The first kappa shape index (κ1) is 15.4. The molecule has 0 aromatic carbocycles. The maximum Gasteiger partial charge on any atom is 0.255 e. The molecule has 6 heteroatoms. The molecule has 2 aliphatic rings. The van der Waals surface area contributed by atoms with Crippen LogP contribution in [0.3, 0.4) is 0 Å². The lowest BCUT2D eigenvalue weighted by atomic mass is 9.92. The van der Waals surface area contributed by atoms with Crippen molar-refractivity contribution in [2.75, 3.05) is 18.8 Å². The van der Waals surface area contributed by atoms with Crippen LogP contribution in [0.4, 0.5) is 0 Å². The number of aryl methyl sites for hydroxylation is 1. The quantitative estimate of drug-likeness (QED) is 0.859. The third-order valence-corrected chi connectivity index (χ3v) is 6.08. The number of hydrogen-bond donors (Lipinski definition) is 0. The SMILES string of the molecule is Cc1ccc(C(=O)N2CC3(C[C@H](Oc4ccccn4)CS3)C2)cn1. The highest BCUT2D eigenvalue weighted by Gasteiger charge is 2.51. The molecule has 1 amide bonds. The van der Waals surface area contributed by atoms with Crippen LogP contribution in [0.25, 0.3) is 0 Å². The summed E-state index contributed by atoms with van der Waals surface area (Å²) in [6, 6.07) is 9.43. The Labute approximate surface area is 145 Å². The Kier molecular flexibility index (Phi) is 3.92. The van der Waals surface area contributed by atoms with Crippen molar-refractivity contribution in [2.24, 2.45) is 0 Å². The second-order valence-electron chi connectivity index (χ2n) is 6.46. The van der Waals surface area contributed by atoms with E-state index in [1.165, 1.54) is 0 Å². The second kappa shape index (κ2) is 6.09. The third-order valence-electron chi connectivity index (χ3n) is 4.50. The van der Waals surface area contributed by atoms with Crippen molar-refractivity contribution in [1.29, 1.82) is 0 Å². The number of likely N-dealkylation sites (tertiary alicyclic amines) is 1. The first-order chi connectivity index (χ1) is 11.6. The molecule has 124 valence electrons. The van der Waals surface area contributed by atoms with Crippen molar-refractivity contribution in [3.05, 3.63) is 54.0 Å². The largest absolute Gasteiger partial charge is 0.473 e. The maximum atomic E-state index is 12.5. The van der Waals surface area contributed by atoms with E-state index in [2.05, 4.69) is 9.97 Å². The molecule has 24 heavy (non-hydrogen) atoms. The van der Waals surface area contributed by atoms with Gasteiger partial charge in [-0.05, 0) is 25.1 Å². The lowest BCUT2D eigenvalue weighted by Gasteiger charge is -2.47. The van der Waals surface area contributed by atoms with E-state index < -0.39 is 0 Å². The van der Waals surface area contributed by atoms with E-state index >= 15 is 0 Å². The molecule has 4 heterocycles. The van der Waals surface area contributed by atoms with Crippen LogP contribution < -0.4 is 4.74 Å². The fourth-order valence-corrected chi connectivity index (χ4v) is 4.78. The van der Waals surface area contributed by atoms with E-state index in [0.29, 0.717) is 11.4 Å². The van der Waals surface area contributed by atoms with Crippen LogP contribution in [0.5, 0.6) is 5.88 Å². The van der Waals surface area contributed by atoms with Crippen molar-refractivity contribution in [1.82, 2.24) is 14.9 Å². The van der Waals surface area contributed by atoms with Crippen LogP contribution in [-0.2, 0) is 0 Å². The van der Waals surface area contributed by atoms with Crippen LogP contribution in [0.15, 0.2) is 42.7 Å². The lowest BCUT2D eigenvalue weighted by molar-refractivity contribution is 0.0515. The molecule has 0 saturated carbocycles. The number of hydrogen-bond acceptors (Lipinski definition) is 5. The zero-order valence-corrected chi connectivity index (χ0v) is 14.3. The molecular formula is C18H19N3O2S. The summed E-state index contributed by atoms with van der Waals surface area (Å²) in [6.07, 6.45) is 4.54. The Hall–Kier alpha value is -2.08. The number of ether oxygens (including phenoxy) is 1. The molecule has 1 spiro atoms. The second-order valence-corrected chi connectivity index (χ2v) is 7.94. The minimum absolute atomic E-state index is 0.0721. The molecule has 1 atom stereocenters. The summed E-state index contributed by atoms with van der Waals surface area (Å²) in [6.45, 7) is 3.49. The fraction of sp³-hybridized carbons (Fsp3) is 0.389. The number of rotatable bonds is 3. The van der Waals surface area contributed by atoms with Gasteiger partial charge in [-0.15, -0.1) is 11.8 Å². The van der Waals surface area contributed by atoms with Gasteiger partial charge in [0.05, 0.1) is 10.3 Å². The Bertz CT molecular complexity index is 730. The highest BCUT2D eigenvalue weighted by Crippen LogP contribution is 2.46. The highest BCUT2D eigenvalue weighted by molar-refractivity contribution is 8.01. The maximum absolute atomic E-state index is 12.5. The molecule has 2 saturated heterocycles. The summed E-state index contributed by atoms with van der Waals surface area (Å²) in [5.41, 5.74) is 1.59. The van der Waals surface area contributed by atoms with Gasteiger partial charge in [-0.3, -0.25) is 9.78 Å². The average Bonchev–Trinajstić information content (AvgIpc) is 2.99. The van der Waals surface area contributed by atoms with Gasteiger partial charge in [0.15, 0.2) is 0 Å². The number of pyridine rings is 2. The molecule has 0 N–H and O–H groups in total. The molecule has 2 aromatic rings. The van der Waals surface area contributed by atoms with Crippen LogP contribution in [0.2, 0.25) is 0 Å². The van der Waals surface area contributed by atoms with E-state index in [4.69, 9.17) is 4.74 Å². The Morgan fingerprint density at radius 1 is 1.29 bits per heavy atom. The molecular weight excluding hydrogens is 322 g/mol. The van der Waals surface area contributed by atoms with E-state index in [-0.39, 0.29) is 16.8 Å². The number of carbonyl (C=O) groups excluding carboxylic acids is 1. The van der Waals surface area contributed by atoms with E-state index in [1.807, 2.05) is 53.9 Å². The van der Waals surface area contributed by atoms with Gasteiger partial charge in [-0.1, -0.05) is 6.07 Å². The third kappa shape index (κ3) is 2.98. The number of aromatic nitrogens is 2. The van der Waals surface area contributed by atoms with Crippen molar-refractivity contribution in [3.8, 4) is 5.88 Å². The number of thioether (sulfide) groups is 1. The van der Waals surface area contributed by atoms with Gasteiger partial charge >= 0.3 is 0 Å². The van der Waals surface area contributed by atoms with Crippen LogP contribution >= 0.6 is 11.8 Å². The van der Waals surface area contributed by atoms with Gasteiger partial charge in [0.1, 0.15) is 6.10 Å². The topological polar surface area (TPSA) is 55.3 Å². The normalized spacial score (nSPS) is 21.5. The minimum Gasteiger partial charge on any atom is -0.473 e. The highest BCUT2D eigenvalue weighted by atomic mass is 32.2. The standard InChI is InChI=1S/C18H19N3O2S/c1-13-5-6-14(9-20-13)17(22)21-11-18(12-21)8-15(10-24-18)23-16-4-2-3-7-19-16/h2-7,9,15H,8,10-12H2,1H3/t15-/m0/s1. The minimum atomic E-state index is 0.0721. The molecule has 0 aliphatic carbocycles. The van der Waals surface area contributed by atoms with Crippen molar-refractivity contribution in [3.63, 3.8) is 0 Å². The van der Waals surface area contributed by atoms with Gasteiger partial charge in [0.25, 0.3) is 5.91 Å². The summed E-state index contributed by atoms with van der Waals surface area (Å²) in [7, 11) is 0. The lowest BCUT2D eigenvalue weighted by Crippen LogP contribution is -2.60. The van der Waals surface area contributed by atoms with Crippen molar-refractivity contribution in [2.45, 2.75) is 24.2 Å². The molecule has 2 aliphatic heterocycles. The first-order valence-electron chi connectivity index (χ1n) is 8.07. The van der Waals surface area contributed by atoms with Gasteiger partial charge in [-0.25, -0.2) is 4.98 Å². The zero-order chi connectivity index (χ0) is 16.6. The molecule has 2 aromatic heterocycles. The average molecular weight is 341 g/mol. The number of amides is 1. The Morgan fingerprint density at radius 2 is 2.17 bits per heavy atom. The van der Waals surface area contributed by atoms with Gasteiger partial charge < -0.3 is 9.64 Å². The van der Waals surface area contributed by atoms with Gasteiger partial charge in [-0.2, -0.15) is 0 Å². The molecule has 2 fully saturated rings. The number of carbonyl (C=O) groups is 1. The van der Waals surface area contributed by atoms with Gasteiger partial charge in [0.2, 0.25) is 5.88 Å². The Morgan fingerprint density at radius 3 is 2.88 bits per heavy atom. The smallest absolute Gasteiger partial charge is 0.255 e. The number of nitrogens with zero attached hydrogens (tertiary/aromatic N) is 3. The molecule has 4 rings (SSSR count). The van der Waals surface area contributed by atoms with Gasteiger partial charge in [0, 0.05) is 49.4 Å². The van der Waals surface area contributed by atoms with Crippen molar-refractivity contribution >= 4 is 17.7 Å². The predicted octanol–water partition coefficient (Wildman–Crippen LogP) is 2.56. The molecule has 0 unspecified atom stereocenters. The Balaban J connectivity index is 1.33. The monoisotopic (exact) mass is 341 g/mol. The van der Waals surface area contributed by atoms with E-state index in [9.17, 15) is 4.79 Å². The fourth-order valence-electron chi connectivity index (χ4n) is 3.26.